The minimum Gasteiger partial charge on any atom is -0.508 e. The van der Waals surface area contributed by atoms with Gasteiger partial charge in [-0.15, -0.1) is 6.58 Å². The zero-order chi connectivity index (χ0) is 30.7. The maximum Gasteiger partial charge on any atom is 0.334 e. The Morgan fingerprint density at radius 1 is 1.07 bits per heavy atom. The van der Waals surface area contributed by atoms with Crippen LogP contribution in [0.25, 0.3) is 0 Å². The molecule has 0 saturated carbocycles. The Morgan fingerprint density at radius 2 is 1.79 bits per heavy atom. The van der Waals surface area contributed by atoms with Gasteiger partial charge in [-0.3, -0.25) is 9.59 Å². The highest BCUT2D eigenvalue weighted by molar-refractivity contribution is 5.92. The number of halogens is 2. The predicted molar refractivity (Wildman–Crippen MR) is 155 cm³/mol. The topological polar surface area (TPSA) is 96.4 Å². The number of nitrogens with one attached hydrogen (secondary N) is 1. The third kappa shape index (κ3) is 6.21. The summed E-state index contributed by atoms with van der Waals surface area (Å²) in [5.74, 6) is -2.28. The van der Waals surface area contributed by atoms with Crippen LogP contribution in [0.5, 0.6) is 5.75 Å². The molecule has 3 aromatic carbocycles. The lowest BCUT2D eigenvalue weighted by molar-refractivity contribution is -0.191. The summed E-state index contributed by atoms with van der Waals surface area (Å²) in [6.45, 7) is 5.56. The van der Waals surface area contributed by atoms with E-state index < -0.39 is 41.8 Å². The molecule has 2 aliphatic heterocycles. The number of hydrazine groups is 1. The van der Waals surface area contributed by atoms with Gasteiger partial charge in [0.15, 0.2) is 0 Å². The number of hydrogen-bond acceptors (Lipinski definition) is 5. The van der Waals surface area contributed by atoms with Crippen LogP contribution in [0.4, 0.5) is 13.6 Å². The Kier molecular flexibility index (Phi) is 8.72. The van der Waals surface area contributed by atoms with Crippen molar-refractivity contribution in [2.75, 3.05) is 19.6 Å². The van der Waals surface area contributed by atoms with Crippen molar-refractivity contribution in [3.63, 3.8) is 0 Å². The van der Waals surface area contributed by atoms with Crippen molar-refractivity contribution >= 4 is 17.8 Å². The molecule has 4 amide bonds. The molecule has 2 fully saturated rings. The number of carbonyl (C=O) groups excluding carboxylic acids is 3. The highest BCUT2D eigenvalue weighted by atomic mass is 19.1. The fourth-order valence-corrected chi connectivity index (χ4v) is 5.73. The molecule has 224 valence electrons. The summed E-state index contributed by atoms with van der Waals surface area (Å²) in [5.41, 5.74) is 1.66. The average molecular weight is 590 g/mol. The van der Waals surface area contributed by atoms with E-state index in [9.17, 15) is 28.3 Å². The van der Waals surface area contributed by atoms with E-state index in [2.05, 4.69) is 11.9 Å². The fourth-order valence-electron chi connectivity index (χ4n) is 5.73. The molecule has 2 saturated heterocycles. The van der Waals surface area contributed by atoms with Crippen LogP contribution in [0.2, 0.25) is 0 Å². The number of urea groups is 1. The Bertz CT molecular complexity index is 1500. The number of amides is 4. The molecule has 2 aliphatic rings. The van der Waals surface area contributed by atoms with Crippen LogP contribution in [-0.4, -0.2) is 74.6 Å². The maximum atomic E-state index is 14.9. The van der Waals surface area contributed by atoms with Crippen LogP contribution in [0.3, 0.4) is 0 Å². The van der Waals surface area contributed by atoms with Gasteiger partial charge in [-0.2, -0.15) is 0 Å². The summed E-state index contributed by atoms with van der Waals surface area (Å²) in [6.07, 6.45) is 0.747. The second-order valence-electron chi connectivity index (χ2n) is 10.6. The Morgan fingerprint density at radius 3 is 2.47 bits per heavy atom. The van der Waals surface area contributed by atoms with Gasteiger partial charge in [0.05, 0.1) is 19.1 Å². The van der Waals surface area contributed by atoms with E-state index in [0.29, 0.717) is 5.56 Å². The van der Waals surface area contributed by atoms with Crippen LogP contribution in [0, 0.1) is 11.6 Å². The van der Waals surface area contributed by atoms with E-state index in [4.69, 9.17) is 0 Å². The molecular weight excluding hydrogens is 556 g/mol. The number of phenolic OH excluding ortho intramolecular Hbond substituents is 1. The Labute approximate surface area is 248 Å². The molecule has 5 rings (SSSR count). The van der Waals surface area contributed by atoms with E-state index in [1.807, 2.05) is 30.3 Å². The summed E-state index contributed by atoms with van der Waals surface area (Å²) in [6, 6.07) is 16.5. The zero-order valence-electron chi connectivity index (χ0n) is 23.7. The van der Waals surface area contributed by atoms with Crippen LogP contribution in [-0.2, 0) is 22.6 Å². The van der Waals surface area contributed by atoms with Crippen LogP contribution in [0.15, 0.2) is 85.5 Å². The summed E-state index contributed by atoms with van der Waals surface area (Å²) in [4.78, 5) is 44.5. The first-order valence-electron chi connectivity index (χ1n) is 14.0. The van der Waals surface area contributed by atoms with Crippen molar-refractivity contribution in [2.24, 2.45) is 0 Å². The lowest BCUT2D eigenvalue weighted by Gasteiger charge is -2.56. The average Bonchev–Trinajstić information content (AvgIpc) is 2.98. The van der Waals surface area contributed by atoms with Gasteiger partial charge >= 0.3 is 6.03 Å². The van der Waals surface area contributed by atoms with Crippen molar-refractivity contribution in [3.05, 3.63) is 114 Å². The second kappa shape index (κ2) is 12.6. The number of nitrogens with zero attached hydrogens (tertiary/aromatic N) is 4. The summed E-state index contributed by atoms with van der Waals surface area (Å²) >= 11 is 0. The van der Waals surface area contributed by atoms with Gasteiger partial charge in [0.25, 0.3) is 0 Å². The molecule has 0 spiro atoms. The molecule has 3 atom stereocenters. The number of rotatable bonds is 8. The van der Waals surface area contributed by atoms with Crippen molar-refractivity contribution in [1.82, 2.24) is 25.1 Å². The van der Waals surface area contributed by atoms with Crippen LogP contribution in [0.1, 0.15) is 29.7 Å². The third-order valence-corrected chi connectivity index (χ3v) is 7.86. The molecule has 3 aromatic rings. The highest BCUT2D eigenvalue weighted by Crippen LogP contribution is 2.34. The smallest absolute Gasteiger partial charge is 0.334 e. The largest absolute Gasteiger partial charge is 0.508 e. The number of phenols is 1. The van der Waals surface area contributed by atoms with Gasteiger partial charge in [-0.1, -0.05) is 54.6 Å². The van der Waals surface area contributed by atoms with Gasteiger partial charge in [-0.25, -0.2) is 23.6 Å². The number of aromatic hydroxyl groups is 1. The second-order valence-corrected chi connectivity index (χ2v) is 10.6. The molecule has 43 heavy (non-hydrogen) atoms. The van der Waals surface area contributed by atoms with Gasteiger partial charge in [0, 0.05) is 31.1 Å². The molecular formula is C32H33F2N5O4. The first-order valence-corrected chi connectivity index (χ1v) is 14.0. The number of hydrogen-bond donors (Lipinski definition) is 2. The molecule has 0 aromatic heterocycles. The van der Waals surface area contributed by atoms with Gasteiger partial charge < -0.3 is 20.2 Å². The van der Waals surface area contributed by atoms with Crippen LogP contribution >= 0.6 is 0 Å². The normalized spacial score (nSPS) is 19.7. The van der Waals surface area contributed by atoms with Crippen molar-refractivity contribution in [2.45, 2.75) is 38.1 Å². The summed E-state index contributed by atoms with van der Waals surface area (Å²) in [5, 5.41) is 15.7. The Balaban J connectivity index is 1.53. The molecule has 11 heteroatoms. The number of fused-ring (bicyclic) bond motifs is 1. The first kappa shape index (κ1) is 29.7. The zero-order valence-corrected chi connectivity index (χ0v) is 23.7. The molecule has 9 nitrogen and oxygen atoms in total. The minimum absolute atomic E-state index is 0.0500. The lowest BCUT2D eigenvalue weighted by atomic mass is 9.96. The predicted octanol–water partition coefficient (Wildman–Crippen LogP) is 3.97. The highest BCUT2D eigenvalue weighted by Gasteiger charge is 2.52. The van der Waals surface area contributed by atoms with E-state index in [1.54, 1.807) is 30.1 Å². The molecule has 2 heterocycles. The fraction of sp³-hybridized carbons (Fsp3) is 0.281. The molecule has 0 bridgehead atoms. The number of benzene rings is 3. The maximum absolute atomic E-state index is 14.9. The van der Waals surface area contributed by atoms with E-state index in [0.717, 1.165) is 17.7 Å². The SMILES string of the molecule is C=CCN1CC(=O)N2[C@@H](CN([C@H](C)c3ccc(F)cc3F)C(=O)[C@@H]2Cc2ccc(O)cc2)N1C(=O)NCc1ccccc1. The number of piperazine rings is 1. The lowest BCUT2D eigenvalue weighted by Crippen LogP contribution is -2.76. The monoisotopic (exact) mass is 589 g/mol. The quantitative estimate of drug-likeness (QED) is 0.388. The van der Waals surface area contributed by atoms with E-state index in [-0.39, 0.29) is 49.8 Å². The first-order chi connectivity index (χ1) is 20.7. The molecule has 0 unspecified atom stereocenters. The number of carbonyl (C=O) groups is 3. The van der Waals surface area contributed by atoms with Gasteiger partial charge in [-0.05, 0) is 36.2 Å². The third-order valence-electron chi connectivity index (χ3n) is 7.86. The van der Waals surface area contributed by atoms with Crippen molar-refractivity contribution in [1.29, 1.82) is 0 Å². The molecule has 0 aliphatic carbocycles. The van der Waals surface area contributed by atoms with Gasteiger partial charge in [0.1, 0.15) is 29.6 Å². The molecule has 0 radical (unpaired) electrons. The van der Waals surface area contributed by atoms with Gasteiger partial charge in [0.2, 0.25) is 11.8 Å². The van der Waals surface area contributed by atoms with Crippen LogP contribution < -0.4 is 5.32 Å². The van der Waals surface area contributed by atoms with Crippen molar-refractivity contribution < 1.29 is 28.3 Å². The van der Waals surface area contributed by atoms with Crippen molar-refractivity contribution in [3.8, 4) is 5.75 Å². The standard InChI is InChI=1S/C32H33F2N5O4/c1-3-15-36-20-30(41)38-28(16-22-9-12-25(40)13-10-22)31(42)37(21(2)26-14-11-24(33)17-27(26)34)19-29(38)39(36)32(43)35-18-23-7-5-4-6-8-23/h3-14,17,21,28-29,40H,1,15-16,18-20H2,2H3,(H,35,43)/t21-,28+,29-/m1/s1. The Hall–Kier alpha value is -4.77. The van der Waals surface area contributed by atoms with E-state index >= 15 is 0 Å². The molecule has 2 N–H and O–H groups in total. The summed E-state index contributed by atoms with van der Waals surface area (Å²) < 4.78 is 28.7. The van der Waals surface area contributed by atoms with E-state index in [1.165, 1.54) is 33.0 Å². The minimum atomic E-state index is -1.03. The summed E-state index contributed by atoms with van der Waals surface area (Å²) in [7, 11) is 0.